The van der Waals surface area contributed by atoms with Crippen LogP contribution in [0.2, 0.25) is 0 Å². The van der Waals surface area contributed by atoms with Gasteiger partial charge in [0.2, 0.25) is 0 Å². The number of methoxy groups -OCH3 is 1. The fraction of sp³-hybridized carbons (Fsp3) is 0.556. The first-order chi connectivity index (χ1) is 10.8. The molecule has 0 fully saturated rings. The number of anilines is 1. The lowest BCUT2D eigenvalue weighted by Crippen LogP contribution is -2.16. The fourth-order valence-corrected chi connectivity index (χ4v) is 2.90. The van der Waals surface area contributed by atoms with Crippen LogP contribution in [-0.2, 0) is 4.74 Å². The maximum absolute atomic E-state index is 11.7. The van der Waals surface area contributed by atoms with Gasteiger partial charge in [-0.15, -0.1) is 12.4 Å². The largest absolute Gasteiger partial charge is 0.461 e. The summed E-state index contributed by atoms with van der Waals surface area (Å²) in [5, 5.41) is 3.59. The predicted molar refractivity (Wildman–Crippen MR) is 108 cm³/mol. The van der Waals surface area contributed by atoms with E-state index in [4.69, 9.17) is 4.74 Å². The number of benzene rings is 1. The highest BCUT2D eigenvalue weighted by Gasteiger charge is 2.17. The van der Waals surface area contributed by atoms with Crippen LogP contribution in [-0.4, -0.2) is 23.6 Å². The van der Waals surface area contributed by atoms with Gasteiger partial charge in [-0.05, 0) is 36.8 Å². The number of aliphatic imine (C=N–C) groups is 1. The third kappa shape index (κ3) is 6.73. The number of rotatable bonds is 4. The predicted octanol–water partition coefficient (Wildman–Crippen LogP) is 6.03. The summed E-state index contributed by atoms with van der Waals surface area (Å²) in [6, 6.07) is 6.41. The van der Waals surface area contributed by atoms with Crippen molar-refractivity contribution in [2.45, 2.75) is 59.4 Å². The number of nitrogens with one attached hydrogen (secondary N) is 1. The Labute approximate surface area is 156 Å². The second-order valence-corrected chi connectivity index (χ2v) is 7.25. The number of hydrogen-bond donors (Lipinski definition) is 1. The molecule has 0 atom stereocenters. The minimum atomic E-state index is -0.370. The van der Waals surface area contributed by atoms with Crippen molar-refractivity contribution >= 4 is 40.3 Å². The van der Waals surface area contributed by atoms with Crippen molar-refractivity contribution in [3.05, 3.63) is 29.3 Å². The van der Waals surface area contributed by atoms with Crippen LogP contribution in [0.25, 0.3) is 0 Å². The van der Waals surface area contributed by atoms with E-state index in [1.165, 1.54) is 18.2 Å². The number of hydrogen-bond acceptors (Lipinski definition) is 4. The third-order valence-electron chi connectivity index (χ3n) is 3.33. The van der Waals surface area contributed by atoms with Gasteiger partial charge in [0.1, 0.15) is 0 Å². The van der Waals surface area contributed by atoms with Crippen LogP contribution in [0, 0.1) is 0 Å². The maximum Gasteiger partial charge on any atom is 0.374 e. The molecule has 0 aliphatic carbocycles. The summed E-state index contributed by atoms with van der Waals surface area (Å²) in [6.45, 7) is 12.6. The molecule has 0 aromatic heterocycles. The summed E-state index contributed by atoms with van der Waals surface area (Å²) in [6.07, 6.45) is 0. The van der Waals surface area contributed by atoms with E-state index in [2.05, 4.69) is 56.2 Å². The molecule has 0 unspecified atom stereocenters. The van der Waals surface area contributed by atoms with Gasteiger partial charge >= 0.3 is 5.30 Å². The van der Waals surface area contributed by atoms with E-state index in [1.807, 2.05) is 13.8 Å². The summed E-state index contributed by atoms with van der Waals surface area (Å²) in [4.78, 5) is 16.2. The Balaban J connectivity index is 0.00000529. The average Bonchev–Trinajstić information content (AvgIpc) is 2.45. The maximum atomic E-state index is 11.7. The Morgan fingerprint density at radius 1 is 1.08 bits per heavy atom. The zero-order valence-corrected chi connectivity index (χ0v) is 17.2. The monoisotopic (exact) mass is 372 g/mol. The molecule has 4 nitrogen and oxygen atoms in total. The Hall–Kier alpha value is -1.20. The van der Waals surface area contributed by atoms with E-state index >= 15 is 0 Å². The summed E-state index contributed by atoms with van der Waals surface area (Å²) in [7, 11) is 1.38. The highest BCUT2D eigenvalue weighted by molar-refractivity contribution is 8.26. The zero-order valence-electron chi connectivity index (χ0n) is 15.5. The summed E-state index contributed by atoms with van der Waals surface area (Å²) >= 11 is 0.986. The van der Waals surface area contributed by atoms with Gasteiger partial charge in [0.15, 0.2) is 5.17 Å². The second kappa shape index (κ2) is 10.6. The van der Waals surface area contributed by atoms with Gasteiger partial charge < -0.3 is 10.1 Å². The molecule has 0 spiro atoms. The van der Waals surface area contributed by atoms with Crippen molar-refractivity contribution in [1.29, 1.82) is 0 Å². The fourth-order valence-electron chi connectivity index (χ4n) is 2.24. The lowest BCUT2D eigenvalue weighted by molar-refractivity contribution is 0.200. The molecule has 0 radical (unpaired) electrons. The van der Waals surface area contributed by atoms with E-state index < -0.39 is 0 Å². The van der Waals surface area contributed by atoms with Crippen LogP contribution < -0.4 is 5.32 Å². The smallest absolute Gasteiger partial charge is 0.374 e. The minimum absolute atomic E-state index is 0. The Morgan fingerprint density at radius 2 is 1.58 bits per heavy atom. The number of halogens is 1. The topological polar surface area (TPSA) is 50.7 Å². The van der Waals surface area contributed by atoms with Crippen molar-refractivity contribution in [3.8, 4) is 0 Å². The Bertz CT molecular complexity index is 546. The van der Waals surface area contributed by atoms with Crippen molar-refractivity contribution in [2.24, 2.45) is 4.99 Å². The molecule has 1 rings (SSSR count). The van der Waals surface area contributed by atoms with Gasteiger partial charge in [-0.25, -0.2) is 4.79 Å². The molecule has 0 saturated carbocycles. The summed E-state index contributed by atoms with van der Waals surface area (Å²) < 4.78 is 4.76. The molecule has 1 aromatic rings. The average molecular weight is 373 g/mol. The van der Waals surface area contributed by atoms with Crippen LogP contribution >= 0.6 is 24.2 Å². The van der Waals surface area contributed by atoms with E-state index in [0.29, 0.717) is 17.0 Å². The van der Waals surface area contributed by atoms with E-state index in [-0.39, 0.29) is 23.8 Å². The van der Waals surface area contributed by atoms with Crippen LogP contribution in [0.3, 0.4) is 0 Å². The Kier molecular flexibility index (Phi) is 10.1. The quantitative estimate of drug-likeness (QED) is 0.398. The SMILES string of the molecule is COC(=O)S/C(=N\C(C)C)Nc1c(C(C)C)cccc1C(C)C.Cl. The molecule has 0 saturated heterocycles. The van der Waals surface area contributed by atoms with E-state index in [9.17, 15) is 4.79 Å². The van der Waals surface area contributed by atoms with Gasteiger partial charge in [-0.2, -0.15) is 0 Å². The van der Waals surface area contributed by atoms with Gasteiger partial charge in [0.05, 0.1) is 7.11 Å². The highest BCUT2D eigenvalue weighted by atomic mass is 35.5. The van der Waals surface area contributed by atoms with Gasteiger partial charge in [0, 0.05) is 23.5 Å². The number of ether oxygens (including phenoxy) is 1. The van der Waals surface area contributed by atoms with Gasteiger partial charge in [-0.1, -0.05) is 45.9 Å². The second-order valence-electron chi connectivity index (χ2n) is 6.33. The standard InChI is InChI=1S/C18H28N2O2S.ClH/c1-11(2)14-9-8-10-15(12(3)4)16(14)20-17(19-13(5)6)23-18(21)22-7;/h8-13H,1-7H3,(H,19,20);1H. The minimum Gasteiger partial charge on any atom is -0.461 e. The first-order valence-electron chi connectivity index (χ1n) is 7.99. The molecule has 1 N–H and O–H groups in total. The van der Waals surface area contributed by atoms with Crippen molar-refractivity contribution in [2.75, 3.05) is 12.4 Å². The number of carbonyl (C=O) groups is 1. The van der Waals surface area contributed by atoms with Crippen LogP contribution in [0.5, 0.6) is 0 Å². The number of carbonyl (C=O) groups excluding carboxylic acids is 1. The molecular weight excluding hydrogens is 344 g/mol. The molecule has 0 aliphatic heterocycles. The zero-order chi connectivity index (χ0) is 17.6. The normalized spacial score (nSPS) is 11.7. The lowest BCUT2D eigenvalue weighted by Gasteiger charge is -2.21. The lowest BCUT2D eigenvalue weighted by atomic mass is 9.93. The van der Waals surface area contributed by atoms with Crippen molar-refractivity contribution < 1.29 is 9.53 Å². The first-order valence-corrected chi connectivity index (χ1v) is 8.81. The molecule has 24 heavy (non-hydrogen) atoms. The van der Waals surface area contributed by atoms with Crippen LogP contribution in [0.1, 0.15) is 64.5 Å². The number of nitrogens with zero attached hydrogens (tertiary/aromatic N) is 1. The highest BCUT2D eigenvalue weighted by Crippen LogP contribution is 2.33. The Morgan fingerprint density at radius 3 is 1.96 bits per heavy atom. The van der Waals surface area contributed by atoms with Gasteiger partial charge in [-0.3, -0.25) is 4.99 Å². The van der Waals surface area contributed by atoms with E-state index in [0.717, 1.165) is 17.4 Å². The molecule has 136 valence electrons. The number of thioether (sulfide) groups is 1. The summed E-state index contributed by atoms with van der Waals surface area (Å²) in [5.41, 5.74) is 3.49. The van der Waals surface area contributed by atoms with Crippen LogP contribution in [0.4, 0.5) is 10.5 Å². The molecule has 0 amide bonds. The third-order valence-corrected chi connectivity index (χ3v) is 4.06. The number of para-hydroxylation sites is 1. The van der Waals surface area contributed by atoms with Crippen LogP contribution in [0.15, 0.2) is 23.2 Å². The molecule has 0 aliphatic rings. The molecule has 0 heterocycles. The van der Waals surface area contributed by atoms with Crippen molar-refractivity contribution in [1.82, 2.24) is 0 Å². The van der Waals surface area contributed by atoms with E-state index in [1.54, 1.807) is 0 Å². The molecule has 1 aromatic carbocycles. The van der Waals surface area contributed by atoms with Crippen molar-refractivity contribution in [3.63, 3.8) is 0 Å². The molecular formula is C18H29ClN2O2S. The number of amidine groups is 1. The van der Waals surface area contributed by atoms with Gasteiger partial charge in [0.25, 0.3) is 0 Å². The molecule has 0 bridgehead atoms. The summed E-state index contributed by atoms with van der Waals surface area (Å²) in [5.74, 6) is 0.749. The first kappa shape index (κ1) is 22.8. The molecule has 6 heteroatoms.